The average Bonchev–Trinajstić information content (AvgIpc) is 3.12. The van der Waals surface area contributed by atoms with E-state index in [1.54, 1.807) is 12.8 Å². The van der Waals surface area contributed by atoms with Gasteiger partial charge in [0.25, 0.3) is 0 Å². The molecule has 0 heteroatoms. The molecule has 0 aliphatic heterocycles. The molecule has 7 fully saturated rings. The normalized spacial score (nSPS) is 80.4. The minimum Gasteiger partial charge on any atom is -0.0879 e. The number of rotatable bonds is 0. The Labute approximate surface area is 120 Å². The summed E-state index contributed by atoms with van der Waals surface area (Å²) in [5.74, 6) is 6.69. The lowest BCUT2D eigenvalue weighted by molar-refractivity contribution is -0.278. The SMILES string of the molecule is C1=C[C@@]23[C@H]4C[C@@H]5C6C4[C@H]4C[C@@H]6[C@]6(CC=CC[C@]526)[C@@]43C=C1. The molecule has 0 N–H and O–H groups in total. The second-order valence-corrected chi connectivity index (χ2v) is 9.33. The van der Waals surface area contributed by atoms with Gasteiger partial charge in [-0.3, -0.25) is 0 Å². The van der Waals surface area contributed by atoms with Crippen molar-refractivity contribution in [1.82, 2.24) is 0 Å². The van der Waals surface area contributed by atoms with Gasteiger partial charge in [-0.15, -0.1) is 0 Å². The molecule has 0 amide bonds. The summed E-state index contributed by atoms with van der Waals surface area (Å²) < 4.78 is 0. The molecule has 0 radical (unpaired) electrons. The largest absolute Gasteiger partial charge is 0.0879 e. The first-order valence-corrected chi connectivity index (χ1v) is 8.89. The lowest BCUT2D eigenvalue weighted by atomic mass is 9.23. The van der Waals surface area contributed by atoms with Crippen molar-refractivity contribution >= 4 is 0 Å². The van der Waals surface area contributed by atoms with Crippen molar-refractivity contribution < 1.29 is 0 Å². The molecule has 100 valence electrons. The molecule has 0 saturated heterocycles. The van der Waals surface area contributed by atoms with Crippen LogP contribution in [-0.4, -0.2) is 0 Å². The summed E-state index contributed by atoms with van der Waals surface area (Å²) in [6, 6.07) is 0. The zero-order chi connectivity index (χ0) is 12.5. The fourth-order valence-electron chi connectivity index (χ4n) is 11.6. The Balaban J connectivity index is 1.65. The van der Waals surface area contributed by atoms with Gasteiger partial charge in [-0.25, -0.2) is 0 Å². The van der Waals surface area contributed by atoms with Crippen LogP contribution < -0.4 is 0 Å². The van der Waals surface area contributed by atoms with Gasteiger partial charge in [0.05, 0.1) is 0 Å². The van der Waals surface area contributed by atoms with Crippen LogP contribution in [0.15, 0.2) is 36.5 Å². The summed E-state index contributed by atoms with van der Waals surface area (Å²) in [5.41, 5.74) is 2.69. The number of hydrogen-bond donors (Lipinski definition) is 0. The monoisotopic (exact) mass is 260 g/mol. The molecule has 0 aromatic carbocycles. The van der Waals surface area contributed by atoms with E-state index in [1.165, 1.54) is 12.8 Å². The predicted octanol–water partition coefficient (Wildman–Crippen LogP) is 3.97. The Morgan fingerprint density at radius 2 is 1.15 bits per heavy atom. The highest BCUT2D eigenvalue weighted by Gasteiger charge is 3.06. The van der Waals surface area contributed by atoms with E-state index < -0.39 is 0 Å². The van der Waals surface area contributed by atoms with Gasteiger partial charge in [0, 0.05) is 10.8 Å². The van der Waals surface area contributed by atoms with Crippen LogP contribution >= 0.6 is 0 Å². The van der Waals surface area contributed by atoms with Crippen molar-refractivity contribution in [3.8, 4) is 0 Å². The molecule has 0 heterocycles. The third-order valence-electron chi connectivity index (χ3n) is 10.6. The molecule has 0 aromatic heterocycles. The molecule has 4 spiro atoms. The van der Waals surface area contributed by atoms with Gasteiger partial charge in [-0.2, -0.15) is 0 Å². The summed E-state index contributed by atoms with van der Waals surface area (Å²) in [6.07, 6.45) is 21.6. The van der Waals surface area contributed by atoms with E-state index in [1.807, 2.05) is 0 Å². The number of allylic oxidation sites excluding steroid dienone is 6. The molecule has 0 aromatic rings. The molecule has 9 aliphatic rings. The zero-order valence-electron chi connectivity index (χ0n) is 11.8. The van der Waals surface area contributed by atoms with Gasteiger partial charge in [-0.1, -0.05) is 36.5 Å². The molecule has 20 heavy (non-hydrogen) atoms. The number of hydrogen-bond acceptors (Lipinski definition) is 0. The summed E-state index contributed by atoms with van der Waals surface area (Å²) in [7, 11) is 0. The van der Waals surface area contributed by atoms with Crippen molar-refractivity contribution in [3.63, 3.8) is 0 Å². The van der Waals surface area contributed by atoms with Crippen LogP contribution in [0.1, 0.15) is 25.7 Å². The summed E-state index contributed by atoms with van der Waals surface area (Å²) >= 11 is 0. The van der Waals surface area contributed by atoms with Crippen LogP contribution in [-0.2, 0) is 0 Å². The van der Waals surface area contributed by atoms with Crippen molar-refractivity contribution in [3.05, 3.63) is 36.5 Å². The van der Waals surface area contributed by atoms with Gasteiger partial charge in [-0.05, 0) is 72.0 Å². The van der Waals surface area contributed by atoms with E-state index in [9.17, 15) is 0 Å². The second-order valence-electron chi connectivity index (χ2n) is 9.33. The Morgan fingerprint density at radius 3 is 1.70 bits per heavy atom. The maximum absolute atomic E-state index is 2.76. The maximum Gasteiger partial charge on any atom is 0.00835 e. The third-order valence-corrected chi connectivity index (χ3v) is 10.6. The molecule has 4 bridgehead atoms. The van der Waals surface area contributed by atoms with Crippen LogP contribution in [0, 0.1) is 57.2 Å². The molecule has 7 saturated carbocycles. The maximum atomic E-state index is 2.76. The average molecular weight is 260 g/mol. The lowest BCUT2D eigenvalue weighted by Crippen LogP contribution is -2.75. The zero-order valence-corrected chi connectivity index (χ0v) is 11.8. The fraction of sp³-hybridized carbons (Fsp3) is 0.700. The van der Waals surface area contributed by atoms with Crippen molar-refractivity contribution in [1.29, 1.82) is 0 Å². The van der Waals surface area contributed by atoms with Crippen molar-refractivity contribution in [2.24, 2.45) is 57.2 Å². The van der Waals surface area contributed by atoms with Crippen LogP contribution in [0.4, 0.5) is 0 Å². The fourth-order valence-corrected chi connectivity index (χ4v) is 11.6. The molecular formula is C20H20. The van der Waals surface area contributed by atoms with Gasteiger partial charge < -0.3 is 0 Å². The van der Waals surface area contributed by atoms with Crippen LogP contribution in [0.25, 0.3) is 0 Å². The van der Waals surface area contributed by atoms with Crippen LogP contribution in [0.2, 0.25) is 0 Å². The topological polar surface area (TPSA) is 0 Å². The van der Waals surface area contributed by atoms with E-state index >= 15 is 0 Å². The van der Waals surface area contributed by atoms with Gasteiger partial charge >= 0.3 is 0 Å². The van der Waals surface area contributed by atoms with E-state index in [2.05, 4.69) is 36.5 Å². The first-order valence-electron chi connectivity index (χ1n) is 8.89. The first kappa shape index (κ1) is 9.28. The standard InChI is InChI=1S/C20H20/c1-2-6-18-12-10-14-16-13-9-11(15(12)16)17(18,5-1)19(13)7-3-4-8-20(14,18)19/h1-6,11-16H,7-10H2/t11-,12+,13+,14-,15?,16?,17-,18-,19-,20+/m0/s1. The Bertz CT molecular complexity index is 654. The highest BCUT2D eigenvalue weighted by molar-refractivity contribution is 5.60. The highest BCUT2D eigenvalue weighted by Crippen LogP contribution is 3.09. The second kappa shape index (κ2) is 2.06. The van der Waals surface area contributed by atoms with E-state index in [4.69, 9.17) is 0 Å². The van der Waals surface area contributed by atoms with E-state index in [0.717, 1.165) is 46.3 Å². The Kier molecular flexibility index (Phi) is 0.956. The quantitative estimate of drug-likeness (QED) is 0.578. The van der Waals surface area contributed by atoms with Gasteiger partial charge in [0.2, 0.25) is 0 Å². The van der Waals surface area contributed by atoms with Gasteiger partial charge in [0.1, 0.15) is 0 Å². The molecular weight excluding hydrogens is 240 g/mol. The minimum atomic E-state index is 0.626. The third kappa shape index (κ3) is 0.409. The minimum absolute atomic E-state index is 0.626. The predicted molar refractivity (Wildman–Crippen MR) is 76.6 cm³/mol. The van der Waals surface area contributed by atoms with E-state index in [-0.39, 0.29) is 0 Å². The molecule has 2 unspecified atom stereocenters. The summed E-state index contributed by atoms with van der Waals surface area (Å²) in [6.45, 7) is 0. The first-order chi connectivity index (χ1) is 9.87. The van der Waals surface area contributed by atoms with Crippen LogP contribution in [0.5, 0.6) is 0 Å². The van der Waals surface area contributed by atoms with E-state index in [0.29, 0.717) is 10.8 Å². The highest BCUT2D eigenvalue weighted by atomic mass is 15.1. The summed E-state index contributed by atoms with van der Waals surface area (Å²) in [4.78, 5) is 0. The van der Waals surface area contributed by atoms with Gasteiger partial charge in [0.15, 0.2) is 0 Å². The molecule has 0 nitrogen and oxygen atoms in total. The van der Waals surface area contributed by atoms with Crippen molar-refractivity contribution in [2.75, 3.05) is 0 Å². The molecule has 9 rings (SSSR count). The summed E-state index contributed by atoms with van der Waals surface area (Å²) in [5, 5.41) is 0. The van der Waals surface area contributed by atoms with Crippen LogP contribution in [0.3, 0.4) is 0 Å². The smallest absolute Gasteiger partial charge is 0.00835 e. The molecule has 9 aliphatic carbocycles. The lowest BCUT2D eigenvalue weighted by Gasteiger charge is -2.79. The molecule has 10 atom stereocenters. The van der Waals surface area contributed by atoms with Crippen molar-refractivity contribution in [2.45, 2.75) is 25.7 Å². The Morgan fingerprint density at radius 1 is 0.650 bits per heavy atom. The Hall–Kier alpha value is -0.780.